The third-order valence-corrected chi connectivity index (χ3v) is 7.11. The molecule has 0 amide bonds. The molecule has 0 radical (unpaired) electrons. The summed E-state index contributed by atoms with van der Waals surface area (Å²) in [7, 11) is -5.49. The number of aliphatic hydroxyl groups excluding tert-OH is 2. The molecule has 0 aromatic carbocycles. The van der Waals surface area contributed by atoms with Crippen molar-refractivity contribution in [1.82, 2.24) is 19.1 Å². The van der Waals surface area contributed by atoms with Crippen molar-refractivity contribution in [3.8, 4) is 12.3 Å². The van der Waals surface area contributed by atoms with Crippen LogP contribution in [-0.2, 0) is 23.1 Å². The van der Waals surface area contributed by atoms with Gasteiger partial charge in [-0.05, 0) is 12.1 Å². The molecule has 2 saturated heterocycles. The van der Waals surface area contributed by atoms with E-state index in [0.29, 0.717) is 4.57 Å². The van der Waals surface area contributed by atoms with Crippen molar-refractivity contribution in [2.45, 2.75) is 48.4 Å². The summed E-state index contributed by atoms with van der Waals surface area (Å²) < 4.78 is 64.0. The second-order valence-electron chi connectivity index (χ2n) is 8.69. The number of terminal acetylenes is 1. The topological polar surface area (TPSA) is 257 Å². The Kier molecular flexibility index (Phi) is 7.85. The van der Waals surface area contributed by atoms with Crippen LogP contribution in [0.15, 0.2) is 34.1 Å². The minimum Gasteiger partial charge on any atom is -0.394 e. The maximum Gasteiger partial charge on any atom is 0.472 e. The number of hydrogen-bond donors (Lipinski definition) is 6. The molecule has 2 aromatic rings. The van der Waals surface area contributed by atoms with Gasteiger partial charge in [0.1, 0.15) is 29.9 Å². The van der Waals surface area contributed by atoms with Crippen LogP contribution in [0.25, 0.3) is 0 Å². The molecule has 40 heavy (non-hydrogen) atoms. The molecule has 8 atom stereocenters. The second kappa shape index (κ2) is 10.6. The van der Waals surface area contributed by atoms with Crippen molar-refractivity contribution in [2.24, 2.45) is 0 Å². The van der Waals surface area contributed by atoms with Crippen LogP contribution in [0.5, 0.6) is 0 Å². The number of ether oxygens (including phenoxy) is 2. The highest BCUT2D eigenvalue weighted by Crippen LogP contribution is 2.53. The number of aromatic nitrogens is 4. The maximum atomic E-state index is 15.2. The zero-order valence-corrected chi connectivity index (χ0v) is 21.0. The van der Waals surface area contributed by atoms with Crippen LogP contribution < -0.4 is 22.8 Å². The number of rotatable bonds is 8. The standard InChI is InChI=1S/C20H23F2N6O11P/c1-2-19(33)10(38-15(13(19)30)27-5-3-11(23)25-17(27)31)8-36-40(34,35)39-14-9(7-29)37-16(20(14,21)22)28-6-4-12(24)26-18(28)32/h1,3-6,9-10,13-16,29-30,33H,7-8H2,(H,34,35)(H2,23,25,31)(H2,24,26,32)/t9-,10-,13+,14-,15-,16-,19-/m1/s1. The fourth-order valence-electron chi connectivity index (χ4n) is 4.12. The molecule has 2 aromatic heterocycles. The molecule has 0 spiro atoms. The zero-order valence-electron chi connectivity index (χ0n) is 20.1. The number of hydrogen-bond acceptors (Lipinski definition) is 14. The van der Waals surface area contributed by atoms with E-state index in [2.05, 4.69) is 14.5 Å². The largest absolute Gasteiger partial charge is 0.472 e. The molecule has 0 saturated carbocycles. The molecule has 2 aliphatic rings. The lowest BCUT2D eigenvalue weighted by Crippen LogP contribution is -2.48. The fourth-order valence-corrected chi connectivity index (χ4v) is 5.07. The molecule has 20 heteroatoms. The van der Waals surface area contributed by atoms with E-state index in [-0.39, 0.29) is 11.6 Å². The number of nitrogens with two attached hydrogens (primary N) is 2. The molecule has 4 heterocycles. The first-order valence-electron chi connectivity index (χ1n) is 11.2. The van der Waals surface area contributed by atoms with Gasteiger partial charge in [0.15, 0.2) is 17.9 Å². The van der Waals surface area contributed by atoms with Crippen molar-refractivity contribution < 1.29 is 52.1 Å². The fraction of sp³-hybridized carbons (Fsp3) is 0.500. The van der Waals surface area contributed by atoms with Crippen molar-refractivity contribution >= 4 is 19.5 Å². The molecule has 0 bridgehead atoms. The Morgan fingerprint density at radius 1 is 1.15 bits per heavy atom. The van der Waals surface area contributed by atoms with Gasteiger partial charge in [-0.25, -0.2) is 14.2 Å². The third kappa shape index (κ3) is 5.24. The molecule has 4 rings (SSSR count). The molecule has 8 N–H and O–H groups in total. The van der Waals surface area contributed by atoms with Crippen LogP contribution in [0.4, 0.5) is 20.4 Å². The number of phosphoric acid groups is 1. The molecule has 17 nitrogen and oxygen atoms in total. The number of halogens is 2. The number of nitrogens with zero attached hydrogens (tertiary/aromatic N) is 4. The number of anilines is 2. The Labute approximate surface area is 222 Å². The number of phosphoric ester groups is 1. The van der Waals surface area contributed by atoms with E-state index in [0.717, 1.165) is 23.0 Å². The van der Waals surface area contributed by atoms with E-state index in [1.165, 1.54) is 6.07 Å². The Balaban J connectivity index is 1.52. The van der Waals surface area contributed by atoms with Gasteiger partial charge in [0, 0.05) is 12.4 Å². The summed E-state index contributed by atoms with van der Waals surface area (Å²) in [6, 6.07) is 2.20. The van der Waals surface area contributed by atoms with Gasteiger partial charge in [0.2, 0.25) is 6.23 Å². The van der Waals surface area contributed by atoms with E-state index in [1.54, 1.807) is 0 Å². The predicted octanol–water partition coefficient (Wildman–Crippen LogP) is -2.69. The van der Waals surface area contributed by atoms with Gasteiger partial charge in [-0.2, -0.15) is 18.7 Å². The molecule has 1 unspecified atom stereocenters. The molecular formula is C20H23F2N6O11P. The smallest absolute Gasteiger partial charge is 0.394 e. The minimum atomic E-state index is -5.49. The lowest BCUT2D eigenvalue weighted by molar-refractivity contribution is -0.140. The van der Waals surface area contributed by atoms with Gasteiger partial charge in [-0.15, -0.1) is 6.42 Å². The van der Waals surface area contributed by atoms with E-state index in [4.69, 9.17) is 31.9 Å². The van der Waals surface area contributed by atoms with Crippen molar-refractivity contribution in [1.29, 1.82) is 0 Å². The monoisotopic (exact) mass is 592 g/mol. The molecule has 218 valence electrons. The van der Waals surface area contributed by atoms with Gasteiger partial charge in [-0.3, -0.25) is 18.2 Å². The van der Waals surface area contributed by atoms with Crippen molar-refractivity contribution in [3.63, 3.8) is 0 Å². The molecule has 2 aliphatic heterocycles. The number of nitrogen functional groups attached to an aromatic ring is 2. The Hall–Kier alpha value is -3.31. The summed E-state index contributed by atoms with van der Waals surface area (Å²) >= 11 is 0. The Morgan fingerprint density at radius 2 is 1.73 bits per heavy atom. The van der Waals surface area contributed by atoms with Crippen LogP contribution >= 0.6 is 7.82 Å². The highest BCUT2D eigenvalue weighted by atomic mass is 31.2. The van der Waals surface area contributed by atoms with Gasteiger partial charge in [0.05, 0.1) is 13.2 Å². The van der Waals surface area contributed by atoms with Crippen LogP contribution in [0, 0.1) is 12.3 Å². The van der Waals surface area contributed by atoms with Crippen molar-refractivity contribution in [3.05, 3.63) is 45.5 Å². The summed E-state index contributed by atoms with van der Waals surface area (Å²) in [6.07, 6.45) is -5.17. The number of alkyl halides is 2. The highest BCUT2D eigenvalue weighted by molar-refractivity contribution is 7.47. The second-order valence-corrected chi connectivity index (χ2v) is 10.1. The maximum absolute atomic E-state index is 15.2. The third-order valence-electron chi connectivity index (χ3n) is 6.14. The average Bonchev–Trinajstić information content (AvgIpc) is 3.27. The first-order valence-corrected chi connectivity index (χ1v) is 12.7. The Bertz CT molecular complexity index is 1480. The van der Waals surface area contributed by atoms with E-state index >= 15 is 8.78 Å². The first-order chi connectivity index (χ1) is 18.6. The van der Waals surface area contributed by atoms with Gasteiger partial charge in [-0.1, -0.05) is 5.92 Å². The molecular weight excluding hydrogens is 569 g/mol. The SMILES string of the molecule is C#C[C@@]1(O)[C@@H](COP(=O)(O)O[C@@H]2[C@@H](CO)O[C@@H](n3ccc(N)nc3=O)C2(F)F)O[C@@H](n2ccc(N)nc2=O)[C@@H]1O. The Morgan fingerprint density at radius 3 is 2.25 bits per heavy atom. The minimum absolute atomic E-state index is 0.159. The zero-order chi connectivity index (χ0) is 29.6. The summed E-state index contributed by atoms with van der Waals surface area (Å²) in [5.41, 5.74) is 5.94. The summed E-state index contributed by atoms with van der Waals surface area (Å²) in [4.78, 5) is 41.2. The predicted molar refractivity (Wildman–Crippen MR) is 126 cm³/mol. The van der Waals surface area contributed by atoms with E-state index in [1.807, 2.05) is 5.92 Å². The lowest BCUT2D eigenvalue weighted by atomic mass is 9.93. The van der Waals surface area contributed by atoms with Gasteiger partial charge in [0.25, 0.3) is 0 Å². The van der Waals surface area contributed by atoms with Crippen LogP contribution in [0.2, 0.25) is 0 Å². The lowest BCUT2D eigenvalue weighted by Gasteiger charge is -2.27. The summed E-state index contributed by atoms with van der Waals surface area (Å²) in [6.45, 7) is -2.25. The van der Waals surface area contributed by atoms with Crippen LogP contribution in [0.1, 0.15) is 12.5 Å². The van der Waals surface area contributed by atoms with Crippen molar-refractivity contribution in [2.75, 3.05) is 24.7 Å². The number of aliphatic hydroxyl groups is 3. The van der Waals surface area contributed by atoms with E-state index < -0.39 is 80.8 Å². The van der Waals surface area contributed by atoms with E-state index in [9.17, 15) is 34.4 Å². The molecule has 2 fully saturated rings. The van der Waals surface area contributed by atoms with Crippen LogP contribution in [-0.4, -0.2) is 88.5 Å². The van der Waals surface area contributed by atoms with Gasteiger partial charge < -0.3 is 41.2 Å². The normalized spacial score (nSPS) is 32.9. The quantitative estimate of drug-likeness (QED) is 0.135. The first kappa shape index (κ1) is 29.7. The molecule has 0 aliphatic carbocycles. The average molecular weight is 592 g/mol. The summed E-state index contributed by atoms with van der Waals surface area (Å²) in [5, 5.41) is 30.9. The van der Waals surface area contributed by atoms with Gasteiger partial charge >= 0.3 is 25.1 Å². The van der Waals surface area contributed by atoms with Crippen LogP contribution in [0.3, 0.4) is 0 Å². The highest BCUT2D eigenvalue weighted by Gasteiger charge is 2.63. The summed E-state index contributed by atoms with van der Waals surface area (Å²) in [5.74, 6) is -2.78.